The van der Waals surface area contributed by atoms with Crippen LogP contribution < -0.4 is 11.3 Å². The molecule has 1 heterocycles. The zero-order valence-electron chi connectivity index (χ0n) is 9.83. The van der Waals surface area contributed by atoms with Crippen molar-refractivity contribution in [1.82, 2.24) is 5.43 Å². The van der Waals surface area contributed by atoms with Gasteiger partial charge in [-0.1, -0.05) is 17.7 Å². The smallest absolute Gasteiger partial charge is 0.0805 e. The quantitative estimate of drug-likeness (QED) is 0.658. The topological polar surface area (TPSA) is 38.0 Å². The van der Waals surface area contributed by atoms with Gasteiger partial charge in [-0.25, -0.2) is 5.43 Å². The van der Waals surface area contributed by atoms with Crippen molar-refractivity contribution in [2.24, 2.45) is 5.84 Å². The zero-order valence-corrected chi connectivity index (χ0v) is 11.4. The fraction of sp³-hybridized carbons (Fsp3) is 0.231. The molecule has 4 heteroatoms. The van der Waals surface area contributed by atoms with Crippen LogP contribution in [-0.2, 0) is 0 Å². The molecule has 1 aromatic carbocycles. The number of hydrogen-bond acceptors (Lipinski definition) is 3. The predicted octanol–water partition coefficient (Wildman–Crippen LogP) is 3.57. The molecular weight excluding hydrogens is 252 g/mol. The van der Waals surface area contributed by atoms with Crippen LogP contribution in [-0.4, -0.2) is 0 Å². The SMILES string of the molecule is Cc1cc(Cl)cc(C(NN)c2sccc2C)c1. The molecule has 17 heavy (non-hydrogen) atoms. The minimum absolute atomic E-state index is 0.00685. The number of hydrazine groups is 1. The maximum Gasteiger partial charge on any atom is 0.0805 e. The van der Waals surface area contributed by atoms with E-state index in [9.17, 15) is 0 Å². The first-order valence-electron chi connectivity index (χ1n) is 5.39. The molecule has 2 nitrogen and oxygen atoms in total. The summed E-state index contributed by atoms with van der Waals surface area (Å²) in [5, 5.41) is 2.82. The molecule has 0 radical (unpaired) electrons. The summed E-state index contributed by atoms with van der Waals surface area (Å²) < 4.78 is 0. The van der Waals surface area contributed by atoms with Crippen LogP contribution in [0.1, 0.15) is 27.6 Å². The summed E-state index contributed by atoms with van der Waals surface area (Å²) in [5.41, 5.74) is 6.35. The summed E-state index contributed by atoms with van der Waals surface area (Å²) in [7, 11) is 0. The van der Waals surface area contributed by atoms with E-state index in [1.54, 1.807) is 11.3 Å². The van der Waals surface area contributed by atoms with Gasteiger partial charge in [0.25, 0.3) is 0 Å². The van der Waals surface area contributed by atoms with Crippen LogP contribution in [0.2, 0.25) is 5.02 Å². The van der Waals surface area contributed by atoms with Crippen LogP contribution in [0, 0.1) is 13.8 Å². The summed E-state index contributed by atoms with van der Waals surface area (Å²) in [5.74, 6) is 5.68. The number of halogens is 1. The molecule has 0 bridgehead atoms. The highest BCUT2D eigenvalue weighted by Crippen LogP contribution is 2.30. The zero-order chi connectivity index (χ0) is 12.4. The van der Waals surface area contributed by atoms with Crippen molar-refractivity contribution in [1.29, 1.82) is 0 Å². The lowest BCUT2D eigenvalue weighted by Gasteiger charge is -2.17. The standard InChI is InChI=1S/C13H15ClN2S/c1-8-5-10(7-11(14)6-8)12(16-15)13-9(2)3-4-17-13/h3-7,12,16H,15H2,1-2H3. The van der Waals surface area contributed by atoms with Crippen LogP contribution in [0.15, 0.2) is 29.6 Å². The van der Waals surface area contributed by atoms with Gasteiger partial charge in [0.1, 0.15) is 0 Å². The van der Waals surface area contributed by atoms with E-state index in [4.69, 9.17) is 17.4 Å². The lowest BCUT2D eigenvalue weighted by molar-refractivity contribution is 0.643. The molecule has 3 N–H and O–H groups in total. The van der Waals surface area contributed by atoms with Crippen LogP contribution in [0.5, 0.6) is 0 Å². The highest BCUT2D eigenvalue weighted by atomic mass is 35.5. The molecule has 90 valence electrons. The average Bonchev–Trinajstić information content (AvgIpc) is 2.65. The molecule has 2 aromatic rings. The molecule has 1 atom stereocenters. The number of thiophene rings is 1. The van der Waals surface area contributed by atoms with Crippen molar-refractivity contribution in [3.8, 4) is 0 Å². The van der Waals surface area contributed by atoms with Crippen LogP contribution in [0.3, 0.4) is 0 Å². The fourth-order valence-electron chi connectivity index (χ4n) is 1.93. The van der Waals surface area contributed by atoms with E-state index >= 15 is 0 Å². The van der Waals surface area contributed by atoms with Gasteiger partial charge in [-0.3, -0.25) is 5.84 Å². The maximum absolute atomic E-state index is 6.09. The van der Waals surface area contributed by atoms with E-state index in [1.807, 2.05) is 19.1 Å². The molecule has 2 rings (SSSR count). The van der Waals surface area contributed by atoms with Crippen molar-refractivity contribution in [2.45, 2.75) is 19.9 Å². The van der Waals surface area contributed by atoms with E-state index in [-0.39, 0.29) is 6.04 Å². The van der Waals surface area contributed by atoms with Gasteiger partial charge in [0.15, 0.2) is 0 Å². The molecule has 0 saturated carbocycles. The van der Waals surface area contributed by atoms with Crippen molar-refractivity contribution in [2.75, 3.05) is 0 Å². The van der Waals surface area contributed by atoms with E-state index in [1.165, 1.54) is 10.4 Å². The molecular formula is C13H15ClN2S. The normalized spacial score (nSPS) is 12.7. The van der Waals surface area contributed by atoms with Crippen LogP contribution in [0.4, 0.5) is 0 Å². The Morgan fingerprint density at radius 3 is 2.59 bits per heavy atom. The van der Waals surface area contributed by atoms with E-state index in [0.29, 0.717) is 0 Å². The molecule has 0 spiro atoms. The molecule has 0 aliphatic carbocycles. The van der Waals surface area contributed by atoms with E-state index in [0.717, 1.165) is 16.1 Å². The predicted molar refractivity (Wildman–Crippen MR) is 74.4 cm³/mol. The van der Waals surface area contributed by atoms with Gasteiger partial charge in [-0.2, -0.15) is 0 Å². The average molecular weight is 267 g/mol. The number of rotatable bonds is 3. The highest BCUT2D eigenvalue weighted by molar-refractivity contribution is 7.10. The van der Waals surface area contributed by atoms with Crippen molar-refractivity contribution in [3.05, 3.63) is 56.2 Å². The Morgan fingerprint density at radius 2 is 2.06 bits per heavy atom. The summed E-state index contributed by atoms with van der Waals surface area (Å²) in [6, 6.07) is 8.11. The molecule has 1 aromatic heterocycles. The summed E-state index contributed by atoms with van der Waals surface area (Å²) in [6.07, 6.45) is 0. The fourth-order valence-corrected chi connectivity index (χ4v) is 3.25. The van der Waals surface area contributed by atoms with Crippen molar-refractivity contribution in [3.63, 3.8) is 0 Å². The van der Waals surface area contributed by atoms with E-state index in [2.05, 4.69) is 29.9 Å². The van der Waals surface area contributed by atoms with Gasteiger partial charge < -0.3 is 0 Å². The maximum atomic E-state index is 6.09. The first-order chi connectivity index (χ1) is 8.11. The van der Waals surface area contributed by atoms with E-state index < -0.39 is 0 Å². The third kappa shape index (κ3) is 2.69. The van der Waals surface area contributed by atoms with Gasteiger partial charge in [-0.05, 0) is 54.1 Å². The minimum Gasteiger partial charge on any atom is -0.271 e. The second-order valence-electron chi connectivity index (χ2n) is 4.13. The second-order valence-corrected chi connectivity index (χ2v) is 5.51. The molecule has 1 unspecified atom stereocenters. The Labute approximate surface area is 110 Å². The first-order valence-corrected chi connectivity index (χ1v) is 6.65. The molecule has 0 fully saturated rings. The molecule has 0 aliphatic heterocycles. The largest absolute Gasteiger partial charge is 0.271 e. The Bertz CT molecular complexity index is 502. The Morgan fingerprint density at radius 1 is 1.29 bits per heavy atom. The Hall–Kier alpha value is -0.870. The lowest BCUT2D eigenvalue weighted by Crippen LogP contribution is -2.28. The molecule has 0 saturated heterocycles. The summed E-state index contributed by atoms with van der Waals surface area (Å²) >= 11 is 7.79. The third-order valence-corrected chi connectivity index (χ3v) is 4.03. The van der Waals surface area contributed by atoms with Gasteiger partial charge in [-0.15, -0.1) is 11.3 Å². The highest BCUT2D eigenvalue weighted by Gasteiger charge is 2.16. The number of hydrogen-bond donors (Lipinski definition) is 2. The monoisotopic (exact) mass is 266 g/mol. The minimum atomic E-state index is 0.00685. The van der Waals surface area contributed by atoms with Crippen molar-refractivity contribution < 1.29 is 0 Å². The molecule has 0 aliphatic rings. The number of benzene rings is 1. The third-order valence-electron chi connectivity index (χ3n) is 2.73. The number of aryl methyl sites for hydroxylation is 2. The Kier molecular flexibility index (Phi) is 3.84. The Balaban J connectivity index is 2.45. The van der Waals surface area contributed by atoms with Gasteiger partial charge in [0.05, 0.1) is 6.04 Å². The van der Waals surface area contributed by atoms with Crippen molar-refractivity contribution >= 4 is 22.9 Å². The number of nitrogens with one attached hydrogen (secondary N) is 1. The summed E-state index contributed by atoms with van der Waals surface area (Å²) in [6.45, 7) is 4.12. The van der Waals surface area contributed by atoms with Crippen LogP contribution in [0.25, 0.3) is 0 Å². The second kappa shape index (κ2) is 5.19. The first kappa shape index (κ1) is 12.6. The number of nitrogens with two attached hydrogens (primary N) is 1. The lowest BCUT2D eigenvalue weighted by atomic mass is 10.0. The van der Waals surface area contributed by atoms with Gasteiger partial charge in [0, 0.05) is 9.90 Å². The summed E-state index contributed by atoms with van der Waals surface area (Å²) in [4.78, 5) is 1.23. The van der Waals surface area contributed by atoms with Gasteiger partial charge >= 0.3 is 0 Å². The van der Waals surface area contributed by atoms with Crippen LogP contribution >= 0.6 is 22.9 Å². The van der Waals surface area contributed by atoms with Gasteiger partial charge in [0.2, 0.25) is 0 Å². The molecule has 0 amide bonds.